The van der Waals surface area contributed by atoms with Crippen LogP contribution in [0, 0.1) is 12.7 Å². The van der Waals surface area contributed by atoms with Gasteiger partial charge in [-0.25, -0.2) is 9.37 Å². The highest BCUT2D eigenvalue weighted by Gasteiger charge is 2.04. The standard InChI is InChI=1S/C15H14FN3/c1-11-5-6-14(13(16)8-11)17-9-12-10-19-7-3-2-4-15(19)18-12/h2-8,10,17H,9H2,1H3. The van der Waals surface area contributed by atoms with Crippen LogP contribution in [0.2, 0.25) is 0 Å². The van der Waals surface area contributed by atoms with Crippen LogP contribution in [0.15, 0.2) is 48.8 Å². The van der Waals surface area contributed by atoms with Gasteiger partial charge in [0.2, 0.25) is 0 Å². The fourth-order valence-corrected chi connectivity index (χ4v) is 2.02. The lowest BCUT2D eigenvalue weighted by atomic mass is 10.2. The Bertz CT molecular complexity index is 685. The molecule has 0 atom stereocenters. The van der Waals surface area contributed by atoms with Gasteiger partial charge in [-0.15, -0.1) is 0 Å². The number of aryl methyl sites for hydroxylation is 1. The van der Waals surface area contributed by atoms with Gasteiger partial charge < -0.3 is 9.72 Å². The fraction of sp³-hybridized carbons (Fsp3) is 0.133. The number of nitrogens with zero attached hydrogens (tertiary/aromatic N) is 2. The predicted octanol–water partition coefficient (Wildman–Crippen LogP) is 3.39. The second-order valence-corrected chi connectivity index (χ2v) is 4.54. The van der Waals surface area contributed by atoms with Crippen molar-refractivity contribution in [2.75, 3.05) is 5.32 Å². The summed E-state index contributed by atoms with van der Waals surface area (Å²) >= 11 is 0. The number of benzene rings is 1. The first-order valence-electron chi connectivity index (χ1n) is 6.15. The fourth-order valence-electron chi connectivity index (χ4n) is 2.02. The Labute approximate surface area is 110 Å². The first kappa shape index (κ1) is 11.7. The van der Waals surface area contributed by atoms with E-state index in [4.69, 9.17) is 0 Å². The molecule has 1 aromatic carbocycles. The Balaban J connectivity index is 1.78. The second kappa shape index (κ2) is 4.72. The molecule has 3 rings (SSSR count). The van der Waals surface area contributed by atoms with Crippen LogP contribution < -0.4 is 5.32 Å². The first-order valence-corrected chi connectivity index (χ1v) is 6.15. The number of fused-ring (bicyclic) bond motifs is 1. The van der Waals surface area contributed by atoms with Crippen LogP contribution in [0.25, 0.3) is 5.65 Å². The van der Waals surface area contributed by atoms with Crippen LogP contribution in [0.5, 0.6) is 0 Å². The highest BCUT2D eigenvalue weighted by atomic mass is 19.1. The SMILES string of the molecule is Cc1ccc(NCc2cn3ccccc3n2)c(F)c1. The number of nitrogens with one attached hydrogen (secondary N) is 1. The molecule has 0 amide bonds. The maximum absolute atomic E-state index is 13.7. The topological polar surface area (TPSA) is 29.3 Å². The summed E-state index contributed by atoms with van der Waals surface area (Å²) in [6.45, 7) is 2.37. The minimum Gasteiger partial charge on any atom is -0.377 e. The number of aromatic nitrogens is 2. The van der Waals surface area contributed by atoms with Gasteiger partial charge >= 0.3 is 0 Å². The van der Waals surface area contributed by atoms with Crippen LogP contribution >= 0.6 is 0 Å². The van der Waals surface area contributed by atoms with Gasteiger partial charge in [-0.3, -0.25) is 0 Å². The van der Waals surface area contributed by atoms with Gasteiger partial charge in [0.15, 0.2) is 0 Å². The average molecular weight is 255 g/mol. The number of pyridine rings is 1. The zero-order valence-electron chi connectivity index (χ0n) is 10.6. The van der Waals surface area contributed by atoms with Gasteiger partial charge in [0.05, 0.1) is 17.9 Å². The van der Waals surface area contributed by atoms with Crippen LogP contribution in [-0.2, 0) is 6.54 Å². The van der Waals surface area contributed by atoms with E-state index in [2.05, 4.69) is 10.3 Å². The molecule has 2 aromatic heterocycles. The smallest absolute Gasteiger partial charge is 0.146 e. The maximum atomic E-state index is 13.7. The molecule has 0 fully saturated rings. The molecule has 96 valence electrons. The van der Waals surface area contributed by atoms with Crippen LogP contribution in [0.1, 0.15) is 11.3 Å². The molecule has 0 radical (unpaired) electrons. The van der Waals surface area contributed by atoms with E-state index < -0.39 is 0 Å². The molecule has 1 N–H and O–H groups in total. The van der Waals surface area contributed by atoms with Crippen molar-refractivity contribution in [1.29, 1.82) is 0 Å². The van der Waals surface area contributed by atoms with Crippen molar-refractivity contribution in [2.24, 2.45) is 0 Å². The van der Waals surface area contributed by atoms with Gasteiger partial charge in [0.25, 0.3) is 0 Å². The number of imidazole rings is 1. The molecule has 0 spiro atoms. The molecule has 0 bridgehead atoms. The molecule has 0 aliphatic carbocycles. The van der Waals surface area contributed by atoms with Gasteiger partial charge in [-0.2, -0.15) is 0 Å². The lowest BCUT2D eigenvalue weighted by molar-refractivity contribution is 0.629. The minimum absolute atomic E-state index is 0.233. The summed E-state index contributed by atoms with van der Waals surface area (Å²) in [4.78, 5) is 4.45. The normalized spacial score (nSPS) is 10.8. The van der Waals surface area contributed by atoms with Gasteiger partial charge in [0, 0.05) is 12.4 Å². The largest absolute Gasteiger partial charge is 0.377 e. The third-order valence-electron chi connectivity index (χ3n) is 3.00. The molecule has 0 saturated heterocycles. The summed E-state index contributed by atoms with van der Waals surface area (Å²) in [6.07, 6.45) is 3.88. The van der Waals surface area contributed by atoms with Crippen LogP contribution in [0.3, 0.4) is 0 Å². The van der Waals surface area contributed by atoms with Crippen molar-refractivity contribution in [1.82, 2.24) is 9.38 Å². The van der Waals surface area contributed by atoms with Gasteiger partial charge in [0.1, 0.15) is 11.5 Å². The number of anilines is 1. The van der Waals surface area contributed by atoms with E-state index in [-0.39, 0.29) is 5.82 Å². The molecular weight excluding hydrogens is 241 g/mol. The third kappa shape index (κ3) is 2.42. The molecule has 0 aliphatic rings. The van der Waals surface area contributed by atoms with Crippen molar-refractivity contribution >= 4 is 11.3 Å². The summed E-state index contributed by atoms with van der Waals surface area (Å²) in [6, 6.07) is 11.0. The van der Waals surface area contributed by atoms with Crippen LogP contribution in [0.4, 0.5) is 10.1 Å². The Hall–Kier alpha value is -2.36. The quantitative estimate of drug-likeness (QED) is 0.777. The van der Waals surface area contributed by atoms with E-state index in [1.54, 1.807) is 6.07 Å². The summed E-state index contributed by atoms with van der Waals surface area (Å²) in [5, 5.41) is 3.07. The number of hydrogen-bond acceptors (Lipinski definition) is 2. The molecule has 0 aliphatic heterocycles. The monoisotopic (exact) mass is 255 g/mol. The van der Waals surface area contributed by atoms with E-state index in [0.29, 0.717) is 12.2 Å². The second-order valence-electron chi connectivity index (χ2n) is 4.54. The van der Waals surface area contributed by atoms with E-state index >= 15 is 0 Å². The summed E-state index contributed by atoms with van der Waals surface area (Å²) in [5.41, 5.74) is 3.19. The van der Waals surface area contributed by atoms with E-state index in [1.165, 1.54) is 6.07 Å². The maximum Gasteiger partial charge on any atom is 0.146 e. The lowest BCUT2D eigenvalue weighted by Gasteiger charge is -2.06. The molecule has 3 nitrogen and oxygen atoms in total. The van der Waals surface area contributed by atoms with Crippen LogP contribution in [-0.4, -0.2) is 9.38 Å². The Morgan fingerprint density at radius 2 is 2.16 bits per heavy atom. The third-order valence-corrected chi connectivity index (χ3v) is 3.00. The molecular formula is C15H14FN3. The van der Waals surface area contributed by atoms with Crippen molar-refractivity contribution in [2.45, 2.75) is 13.5 Å². The number of hydrogen-bond donors (Lipinski definition) is 1. The zero-order chi connectivity index (χ0) is 13.2. The number of rotatable bonds is 3. The first-order chi connectivity index (χ1) is 9.22. The van der Waals surface area contributed by atoms with Crippen molar-refractivity contribution in [3.63, 3.8) is 0 Å². The van der Waals surface area contributed by atoms with Gasteiger partial charge in [-0.05, 0) is 36.8 Å². The Morgan fingerprint density at radius 1 is 1.26 bits per heavy atom. The molecule has 19 heavy (non-hydrogen) atoms. The number of halogens is 1. The molecule has 4 heteroatoms. The van der Waals surface area contributed by atoms with E-state index in [1.807, 2.05) is 48.0 Å². The van der Waals surface area contributed by atoms with Crippen molar-refractivity contribution < 1.29 is 4.39 Å². The van der Waals surface area contributed by atoms with E-state index in [0.717, 1.165) is 16.9 Å². The van der Waals surface area contributed by atoms with Gasteiger partial charge in [-0.1, -0.05) is 12.1 Å². The molecule has 0 unspecified atom stereocenters. The summed E-state index contributed by atoms with van der Waals surface area (Å²) < 4.78 is 15.6. The minimum atomic E-state index is -0.233. The summed E-state index contributed by atoms with van der Waals surface area (Å²) in [7, 11) is 0. The Morgan fingerprint density at radius 3 is 2.95 bits per heavy atom. The highest BCUT2D eigenvalue weighted by Crippen LogP contribution is 2.16. The van der Waals surface area contributed by atoms with Crippen molar-refractivity contribution in [3.05, 3.63) is 65.9 Å². The highest BCUT2D eigenvalue weighted by molar-refractivity contribution is 5.47. The molecule has 3 aromatic rings. The van der Waals surface area contributed by atoms with E-state index in [9.17, 15) is 4.39 Å². The average Bonchev–Trinajstić information content (AvgIpc) is 2.80. The summed E-state index contributed by atoms with van der Waals surface area (Å²) in [5.74, 6) is -0.233. The van der Waals surface area contributed by atoms with Crippen molar-refractivity contribution in [3.8, 4) is 0 Å². The molecule has 2 heterocycles. The Kier molecular flexibility index (Phi) is 2.91. The zero-order valence-corrected chi connectivity index (χ0v) is 10.6. The molecule has 0 saturated carbocycles. The predicted molar refractivity (Wildman–Crippen MR) is 73.7 cm³/mol. The lowest BCUT2D eigenvalue weighted by Crippen LogP contribution is -2.01.